The van der Waals surface area contributed by atoms with Gasteiger partial charge in [-0.3, -0.25) is 4.79 Å². The molecule has 1 aliphatic rings. The Morgan fingerprint density at radius 1 is 1.06 bits per heavy atom. The highest BCUT2D eigenvalue weighted by Gasteiger charge is 2.21. The predicted octanol–water partition coefficient (Wildman–Crippen LogP) is 4.83. The van der Waals surface area contributed by atoms with Crippen molar-refractivity contribution in [2.45, 2.75) is 0 Å². The average molecular weight is 449 g/mol. The fraction of sp³-hybridized carbons (Fsp3) is 0.167. The quantitative estimate of drug-likeness (QED) is 0.475. The lowest BCUT2D eigenvalue weighted by Gasteiger charge is -2.29. The average Bonchev–Trinajstić information content (AvgIpc) is 3.50. The maximum atomic E-state index is 14.8. The first-order valence-corrected chi connectivity index (χ1v) is 11.2. The maximum absolute atomic E-state index is 14.8. The number of halogens is 1. The van der Waals surface area contributed by atoms with Gasteiger partial charge in [-0.05, 0) is 41.8 Å². The number of anilines is 2. The van der Waals surface area contributed by atoms with Crippen LogP contribution in [0.5, 0.6) is 0 Å². The van der Waals surface area contributed by atoms with E-state index in [2.05, 4.69) is 10.4 Å². The highest BCUT2D eigenvalue weighted by molar-refractivity contribution is 7.13. The van der Waals surface area contributed by atoms with E-state index in [0.29, 0.717) is 48.9 Å². The summed E-state index contributed by atoms with van der Waals surface area (Å²) in [7, 11) is 0. The number of amides is 1. The second-order valence-electron chi connectivity index (χ2n) is 7.37. The Morgan fingerprint density at radius 2 is 1.88 bits per heavy atom. The Labute approximate surface area is 188 Å². The number of nitrogens with zero attached hydrogens (tertiary/aromatic N) is 3. The summed E-state index contributed by atoms with van der Waals surface area (Å²) >= 11 is 1.51. The molecule has 0 radical (unpaired) electrons. The third kappa shape index (κ3) is 4.15. The van der Waals surface area contributed by atoms with E-state index in [4.69, 9.17) is 4.74 Å². The van der Waals surface area contributed by atoms with Gasteiger partial charge in [0, 0.05) is 25.0 Å². The third-order valence-corrected chi connectivity index (χ3v) is 6.17. The van der Waals surface area contributed by atoms with E-state index in [1.165, 1.54) is 17.4 Å². The van der Waals surface area contributed by atoms with Gasteiger partial charge in [-0.2, -0.15) is 5.10 Å². The van der Waals surface area contributed by atoms with Crippen molar-refractivity contribution in [3.63, 3.8) is 0 Å². The van der Waals surface area contributed by atoms with Crippen molar-refractivity contribution in [2.24, 2.45) is 0 Å². The molecule has 1 N–H and O–H groups in total. The summed E-state index contributed by atoms with van der Waals surface area (Å²) in [4.78, 5) is 16.0. The molecule has 0 bridgehead atoms. The number of ether oxygens (including phenoxy) is 1. The minimum Gasteiger partial charge on any atom is -0.378 e. The number of hydrogen-bond donors (Lipinski definition) is 1. The van der Waals surface area contributed by atoms with Crippen LogP contribution >= 0.6 is 11.3 Å². The molecule has 0 unspecified atom stereocenters. The van der Waals surface area contributed by atoms with Gasteiger partial charge in [-0.25, -0.2) is 9.07 Å². The zero-order valence-corrected chi connectivity index (χ0v) is 18.0. The monoisotopic (exact) mass is 448 g/mol. The normalized spacial score (nSPS) is 13.8. The van der Waals surface area contributed by atoms with Crippen molar-refractivity contribution in [3.8, 4) is 16.3 Å². The van der Waals surface area contributed by atoms with Gasteiger partial charge >= 0.3 is 0 Å². The molecule has 4 aromatic rings. The highest BCUT2D eigenvalue weighted by Crippen LogP contribution is 2.29. The molecule has 0 spiro atoms. The number of carbonyl (C=O) groups is 1. The van der Waals surface area contributed by atoms with E-state index >= 15 is 0 Å². The first kappa shape index (κ1) is 20.4. The van der Waals surface area contributed by atoms with E-state index < -0.39 is 0 Å². The van der Waals surface area contributed by atoms with Gasteiger partial charge in [0.15, 0.2) is 0 Å². The minimum absolute atomic E-state index is 0.339. The molecule has 1 aliphatic heterocycles. The Kier molecular flexibility index (Phi) is 5.70. The standard InChI is InChI=1S/C24H21FN4O2S/c25-20-15-17(8-9-21(20)28-10-12-31-13-11-28)26-24(30)19-16-29(18-5-2-1-3-6-18)27-23(19)22-7-4-14-32-22/h1-9,14-16H,10-13H2,(H,26,30). The third-order valence-electron chi connectivity index (χ3n) is 5.29. The molecule has 0 aliphatic carbocycles. The predicted molar refractivity (Wildman–Crippen MR) is 124 cm³/mol. The van der Waals surface area contributed by atoms with Crippen LogP contribution in [0, 0.1) is 5.82 Å². The van der Waals surface area contributed by atoms with Crippen LogP contribution in [-0.4, -0.2) is 42.0 Å². The number of hydrogen-bond acceptors (Lipinski definition) is 5. The van der Waals surface area contributed by atoms with Crippen molar-refractivity contribution >= 4 is 28.6 Å². The molecule has 32 heavy (non-hydrogen) atoms. The lowest BCUT2D eigenvalue weighted by atomic mass is 10.2. The van der Waals surface area contributed by atoms with E-state index in [1.54, 1.807) is 23.0 Å². The van der Waals surface area contributed by atoms with Crippen LogP contribution in [0.15, 0.2) is 72.2 Å². The summed E-state index contributed by atoms with van der Waals surface area (Å²) in [5.74, 6) is -0.711. The molecular weight excluding hydrogens is 427 g/mol. The number of para-hydroxylation sites is 1. The van der Waals surface area contributed by atoms with Crippen molar-refractivity contribution in [1.82, 2.24) is 9.78 Å². The van der Waals surface area contributed by atoms with Gasteiger partial charge in [-0.1, -0.05) is 24.3 Å². The zero-order chi connectivity index (χ0) is 21.9. The van der Waals surface area contributed by atoms with Gasteiger partial charge in [0.05, 0.1) is 35.0 Å². The van der Waals surface area contributed by atoms with Crippen LogP contribution in [-0.2, 0) is 4.74 Å². The molecule has 1 amide bonds. The summed E-state index contributed by atoms with van der Waals surface area (Å²) in [6.07, 6.45) is 1.71. The highest BCUT2D eigenvalue weighted by atomic mass is 32.1. The summed E-state index contributed by atoms with van der Waals surface area (Å²) < 4.78 is 21.8. The molecule has 1 fully saturated rings. The molecule has 8 heteroatoms. The van der Waals surface area contributed by atoms with Gasteiger partial charge in [0.25, 0.3) is 5.91 Å². The Hall–Kier alpha value is -3.49. The molecule has 3 heterocycles. The van der Waals surface area contributed by atoms with Crippen molar-refractivity contribution in [1.29, 1.82) is 0 Å². The number of thiophene rings is 1. The molecular formula is C24H21FN4O2S. The van der Waals surface area contributed by atoms with Gasteiger partial charge in [-0.15, -0.1) is 11.3 Å². The maximum Gasteiger partial charge on any atom is 0.259 e. The molecule has 1 saturated heterocycles. The molecule has 0 saturated carbocycles. The van der Waals surface area contributed by atoms with Crippen molar-refractivity contribution in [2.75, 3.05) is 36.5 Å². The molecule has 0 atom stereocenters. The largest absolute Gasteiger partial charge is 0.378 e. The number of benzene rings is 2. The molecule has 2 aromatic carbocycles. The number of aromatic nitrogens is 2. The van der Waals surface area contributed by atoms with Gasteiger partial charge in [0.2, 0.25) is 0 Å². The summed E-state index contributed by atoms with van der Waals surface area (Å²) in [6, 6.07) is 18.2. The van der Waals surface area contributed by atoms with Crippen molar-refractivity contribution < 1.29 is 13.9 Å². The number of nitrogens with one attached hydrogen (secondary N) is 1. The number of rotatable bonds is 5. The molecule has 162 valence electrons. The SMILES string of the molecule is O=C(Nc1ccc(N2CCOCC2)c(F)c1)c1cn(-c2ccccc2)nc1-c1cccs1. The fourth-order valence-electron chi connectivity index (χ4n) is 3.69. The van der Waals surface area contributed by atoms with Crippen LogP contribution in [0.4, 0.5) is 15.8 Å². The van der Waals surface area contributed by atoms with E-state index in [0.717, 1.165) is 10.6 Å². The van der Waals surface area contributed by atoms with Gasteiger partial charge in [0.1, 0.15) is 11.5 Å². The first-order chi connectivity index (χ1) is 15.7. The molecule has 2 aromatic heterocycles. The summed E-state index contributed by atoms with van der Waals surface area (Å²) in [5, 5.41) is 9.42. The van der Waals surface area contributed by atoms with E-state index in [1.807, 2.05) is 52.7 Å². The summed E-state index contributed by atoms with van der Waals surface area (Å²) in [5.41, 5.74) is 2.78. The van der Waals surface area contributed by atoms with E-state index in [9.17, 15) is 9.18 Å². The van der Waals surface area contributed by atoms with Crippen LogP contribution in [0.1, 0.15) is 10.4 Å². The Bertz CT molecular complexity index is 1220. The van der Waals surface area contributed by atoms with Gasteiger partial charge < -0.3 is 15.0 Å². The Morgan fingerprint density at radius 3 is 2.59 bits per heavy atom. The molecule has 6 nitrogen and oxygen atoms in total. The van der Waals surface area contributed by atoms with Crippen LogP contribution in [0.3, 0.4) is 0 Å². The fourth-order valence-corrected chi connectivity index (χ4v) is 4.42. The van der Waals surface area contributed by atoms with Crippen LogP contribution in [0.25, 0.3) is 16.3 Å². The second-order valence-corrected chi connectivity index (χ2v) is 8.32. The van der Waals surface area contributed by atoms with E-state index in [-0.39, 0.29) is 11.7 Å². The smallest absolute Gasteiger partial charge is 0.259 e. The minimum atomic E-state index is -0.372. The summed E-state index contributed by atoms with van der Waals surface area (Å²) in [6.45, 7) is 2.45. The number of morpholine rings is 1. The lowest BCUT2D eigenvalue weighted by molar-refractivity contribution is 0.102. The topological polar surface area (TPSA) is 59.4 Å². The zero-order valence-electron chi connectivity index (χ0n) is 17.2. The second kappa shape index (κ2) is 8.94. The Balaban J connectivity index is 1.43. The van der Waals surface area contributed by atoms with Crippen LogP contribution < -0.4 is 10.2 Å². The first-order valence-electron chi connectivity index (χ1n) is 10.3. The lowest BCUT2D eigenvalue weighted by Crippen LogP contribution is -2.36. The molecule has 5 rings (SSSR count). The van der Waals surface area contributed by atoms with Crippen molar-refractivity contribution in [3.05, 3.63) is 83.6 Å². The number of carbonyl (C=O) groups excluding carboxylic acids is 1. The van der Waals surface area contributed by atoms with Crippen LogP contribution in [0.2, 0.25) is 0 Å².